The molecule has 3 aromatic carbocycles. The Hall–Kier alpha value is -5.94. The molecule has 0 atom stereocenters. The van der Waals surface area contributed by atoms with Crippen molar-refractivity contribution in [1.82, 2.24) is 24.5 Å². The maximum atomic E-state index is 14.1. The summed E-state index contributed by atoms with van der Waals surface area (Å²) in [6.45, 7) is 0.992. The van der Waals surface area contributed by atoms with Gasteiger partial charge in [0.2, 0.25) is 0 Å². The SMILES string of the molecule is Cn1c(-c2ccnn2-c2ccc(C#N)cc2)c(C(=O)N[C@H]2CC[C@H](C(=O)OCC[N+](C)(C)C)CC2)c(=O)n1-c1cccc(C(F)(F)F)c1.c1ccccc1. The topological polar surface area (TPSA) is 124 Å². The summed E-state index contributed by atoms with van der Waals surface area (Å²) in [4.78, 5) is 40.7. The summed E-state index contributed by atoms with van der Waals surface area (Å²) in [6, 6.07) is 26.1. The first-order valence-electron chi connectivity index (χ1n) is 17.5. The molecule has 2 heterocycles. The minimum Gasteiger partial charge on any atom is -0.459 e. The maximum absolute atomic E-state index is 14.1. The molecule has 14 heteroatoms. The molecule has 1 saturated carbocycles. The Balaban J connectivity index is 0.000000850. The van der Waals surface area contributed by atoms with Gasteiger partial charge in [0.1, 0.15) is 24.4 Å². The van der Waals surface area contributed by atoms with Crippen LogP contribution >= 0.6 is 0 Å². The zero-order valence-electron chi connectivity index (χ0n) is 30.6. The van der Waals surface area contributed by atoms with Crippen molar-refractivity contribution in [2.75, 3.05) is 34.3 Å². The van der Waals surface area contributed by atoms with Crippen molar-refractivity contribution >= 4 is 11.9 Å². The number of amides is 1. The second-order valence-electron chi connectivity index (χ2n) is 14.1. The van der Waals surface area contributed by atoms with Crippen molar-refractivity contribution in [3.63, 3.8) is 0 Å². The lowest BCUT2D eigenvalue weighted by atomic mass is 9.86. The molecule has 11 nitrogen and oxygen atoms in total. The van der Waals surface area contributed by atoms with E-state index in [1.165, 1.54) is 34.7 Å². The van der Waals surface area contributed by atoms with Gasteiger partial charge in [-0.15, -0.1) is 0 Å². The number of halogens is 3. The number of nitrogens with zero attached hydrogens (tertiary/aromatic N) is 6. The van der Waals surface area contributed by atoms with Crippen LogP contribution in [0.25, 0.3) is 22.8 Å². The highest BCUT2D eigenvalue weighted by Gasteiger charge is 2.34. The third-order valence-corrected chi connectivity index (χ3v) is 9.11. The van der Waals surface area contributed by atoms with Crippen molar-refractivity contribution in [3.8, 4) is 28.8 Å². The lowest BCUT2D eigenvalue weighted by Crippen LogP contribution is -2.41. The minimum atomic E-state index is -4.65. The van der Waals surface area contributed by atoms with E-state index in [0.29, 0.717) is 60.3 Å². The molecular formula is C40H43F3N7O4+. The predicted molar refractivity (Wildman–Crippen MR) is 197 cm³/mol. The number of alkyl halides is 3. The van der Waals surface area contributed by atoms with E-state index in [0.717, 1.165) is 16.8 Å². The number of quaternary nitrogens is 1. The van der Waals surface area contributed by atoms with Crippen molar-refractivity contribution in [2.45, 2.75) is 37.9 Å². The van der Waals surface area contributed by atoms with E-state index in [2.05, 4.69) is 10.4 Å². The maximum Gasteiger partial charge on any atom is 0.416 e. The Bertz CT molecular complexity index is 2120. The smallest absolute Gasteiger partial charge is 0.416 e. The molecule has 6 rings (SSSR count). The fourth-order valence-corrected chi connectivity index (χ4v) is 6.23. The van der Waals surface area contributed by atoms with E-state index >= 15 is 0 Å². The van der Waals surface area contributed by atoms with Crippen LogP contribution in [-0.2, 0) is 22.8 Å². The molecule has 1 aliphatic carbocycles. The number of nitrogens with one attached hydrogen (secondary N) is 1. The van der Waals surface area contributed by atoms with Crippen molar-refractivity contribution < 1.29 is 32.0 Å². The number of likely N-dealkylation sites (N-methyl/N-ethyl adjacent to an activating group) is 1. The number of carbonyl (C=O) groups is 2. The summed E-state index contributed by atoms with van der Waals surface area (Å²) in [6.07, 6.45) is -1.23. The van der Waals surface area contributed by atoms with Crippen LogP contribution in [0.5, 0.6) is 0 Å². The van der Waals surface area contributed by atoms with Crippen molar-refractivity contribution in [1.29, 1.82) is 5.26 Å². The standard InChI is InChI=1S/C34H36F3N7O4.C6H6/c1-41-30(28-16-17-39-42(28)26-14-8-22(21-38)9-15-26)29(32(46)43(41)27-7-5-6-24(20-27)34(35,36)37)31(45)40-25-12-10-23(11-13-25)33(47)48-19-18-44(2,3)4;1-2-4-6-5-3-1/h5-9,14-17,20,23,25H,10-13,18-19H2,1-4H3;1-6H/p+1/t23-,25-;. The van der Waals surface area contributed by atoms with Gasteiger partial charge in [0.05, 0.1) is 67.5 Å². The van der Waals surface area contributed by atoms with E-state index in [9.17, 15) is 32.8 Å². The summed E-state index contributed by atoms with van der Waals surface area (Å²) < 4.78 is 50.9. The molecule has 0 unspecified atom stereocenters. The van der Waals surface area contributed by atoms with E-state index < -0.39 is 23.2 Å². The second-order valence-corrected chi connectivity index (χ2v) is 14.1. The van der Waals surface area contributed by atoms with Gasteiger partial charge in [-0.25, -0.2) is 9.36 Å². The third-order valence-electron chi connectivity index (χ3n) is 9.11. The van der Waals surface area contributed by atoms with Gasteiger partial charge in [0.25, 0.3) is 11.5 Å². The molecule has 54 heavy (non-hydrogen) atoms. The van der Waals surface area contributed by atoms with E-state index in [-0.39, 0.29) is 34.9 Å². The molecule has 0 radical (unpaired) electrons. The number of aromatic nitrogens is 4. The molecule has 2 aromatic heterocycles. The minimum absolute atomic E-state index is 0.0775. The molecule has 0 spiro atoms. The zero-order chi connectivity index (χ0) is 39.0. The number of hydrogen-bond donors (Lipinski definition) is 1. The van der Waals surface area contributed by atoms with E-state index in [1.807, 2.05) is 63.6 Å². The van der Waals surface area contributed by atoms with Crippen molar-refractivity contribution in [2.24, 2.45) is 13.0 Å². The van der Waals surface area contributed by atoms with Crippen LogP contribution in [0, 0.1) is 17.2 Å². The van der Waals surface area contributed by atoms with Gasteiger partial charge < -0.3 is 14.5 Å². The van der Waals surface area contributed by atoms with Gasteiger partial charge in [-0.3, -0.25) is 19.1 Å². The van der Waals surface area contributed by atoms with E-state index in [4.69, 9.17) is 4.74 Å². The molecular weight excluding hydrogens is 699 g/mol. The Morgan fingerprint density at radius 1 is 0.926 bits per heavy atom. The zero-order valence-corrected chi connectivity index (χ0v) is 30.6. The molecule has 1 aliphatic rings. The Morgan fingerprint density at radius 3 is 2.13 bits per heavy atom. The Kier molecular flexibility index (Phi) is 12.2. The number of carbonyl (C=O) groups excluding carboxylic acids is 2. The molecule has 282 valence electrons. The molecule has 1 N–H and O–H groups in total. The first-order chi connectivity index (χ1) is 25.7. The molecule has 5 aromatic rings. The van der Waals surface area contributed by atoms with Gasteiger partial charge in [-0.1, -0.05) is 42.5 Å². The average molecular weight is 743 g/mol. The highest BCUT2D eigenvalue weighted by molar-refractivity contribution is 6.00. The lowest BCUT2D eigenvalue weighted by Gasteiger charge is -2.28. The molecule has 1 amide bonds. The Morgan fingerprint density at radius 2 is 1.56 bits per heavy atom. The summed E-state index contributed by atoms with van der Waals surface area (Å²) in [5.74, 6) is -1.26. The number of hydrogen-bond acceptors (Lipinski definition) is 6. The molecule has 0 saturated heterocycles. The van der Waals surface area contributed by atoms with Crippen LogP contribution in [0.1, 0.15) is 47.2 Å². The number of nitriles is 1. The van der Waals surface area contributed by atoms with Gasteiger partial charge in [-0.05, 0) is 74.2 Å². The first kappa shape index (κ1) is 39.3. The molecule has 1 fully saturated rings. The van der Waals surface area contributed by atoms with Crippen LogP contribution < -0.4 is 10.9 Å². The summed E-state index contributed by atoms with van der Waals surface area (Å²) >= 11 is 0. The summed E-state index contributed by atoms with van der Waals surface area (Å²) in [5.41, 5.74) is -0.697. The van der Waals surface area contributed by atoms with Crippen LogP contribution in [0.2, 0.25) is 0 Å². The molecule has 0 aliphatic heterocycles. The predicted octanol–water partition coefficient (Wildman–Crippen LogP) is 6.14. The van der Waals surface area contributed by atoms with Crippen LogP contribution in [0.4, 0.5) is 13.2 Å². The number of ether oxygens (including phenoxy) is 1. The quantitative estimate of drug-likeness (QED) is 0.143. The fourth-order valence-electron chi connectivity index (χ4n) is 6.23. The third kappa shape index (κ3) is 9.53. The van der Waals surface area contributed by atoms with Crippen molar-refractivity contribution in [3.05, 3.63) is 124 Å². The van der Waals surface area contributed by atoms with Gasteiger partial charge in [0, 0.05) is 13.1 Å². The van der Waals surface area contributed by atoms with Crippen LogP contribution in [-0.4, -0.2) is 75.8 Å². The second kappa shape index (κ2) is 16.8. The average Bonchev–Trinajstić information content (AvgIpc) is 3.73. The number of esters is 1. The van der Waals surface area contributed by atoms with E-state index in [1.54, 1.807) is 30.3 Å². The van der Waals surface area contributed by atoms with Gasteiger partial charge in [0.15, 0.2) is 0 Å². The van der Waals surface area contributed by atoms with Gasteiger partial charge in [-0.2, -0.15) is 23.5 Å². The highest BCUT2D eigenvalue weighted by atomic mass is 19.4. The Labute approximate surface area is 311 Å². The molecule has 0 bridgehead atoms. The van der Waals surface area contributed by atoms with Crippen LogP contribution in [0.3, 0.4) is 0 Å². The highest BCUT2D eigenvalue weighted by Crippen LogP contribution is 2.32. The lowest BCUT2D eigenvalue weighted by molar-refractivity contribution is -0.870. The van der Waals surface area contributed by atoms with Crippen LogP contribution in [0.15, 0.2) is 102 Å². The van der Waals surface area contributed by atoms with Gasteiger partial charge >= 0.3 is 12.1 Å². The number of benzene rings is 3. The largest absolute Gasteiger partial charge is 0.459 e. The monoisotopic (exact) mass is 742 g/mol. The normalized spacial score (nSPS) is 15.7. The summed E-state index contributed by atoms with van der Waals surface area (Å²) in [7, 11) is 7.51. The fraction of sp³-hybridized carbons (Fsp3) is 0.325. The first-order valence-corrected chi connectivity index (χ1v) is 17.5. The summed E-state index contributed by atoms with van der Waals surface area (Å²) in [5, 5.41) is 16.5. The number of rotatable bonds is 9.